The first-order valence-corrected chi connectivity index (χ1v) is 21.4. The molecule has 2 aromatic rings. The van der Waals surface area contributed by atoms with Crippen LogP contribution in [0.2, 0.25) is 0 Å². The van der Waals surface area contributed by atoms with Crippen LogP contribution in [0.15, 0.2) is 35.5 Å². The summed E-state index contributed by atoms with van der Waals surface area (Å²) in [6.45, 7) is 3.73. The highest BCUT2D eigenvalue weighted by Gasteiger charge is 2.40. The maximum atomic E-state index is 14.3. The van der Waals surface area contributed by atoms with E-state index in [0.717, 1.165) is 4.90 Å². The Morgan fingerprint density at radius 2 is 1.48 bits per heavy atom. The molecular formula is C40H60N12O11S. The monoisotopic (exact) mass is 916 g/mol. The number of amides is 7. The fourth-order valence-corrected chi connectivity index (χ4v) is 7.23. The number of aromatic nitrogens is 1. The maximum absolute atomic E-state index is 14.3. The summed E-state index contributed by atoms with van der Waals surface area (Å²) in [6, 6.07) is -2.60. The van der Waals surface area contributed by atoms with Gasteiger partial charge < -0.3 is 69.6 Å². The number of nitrogens with zero attached hydrogens (tertiary/aromatic N) is 2. The molecule has 1 aromatic heterocycles. The van der Waals surface area contributed by atoms with E-state index in [1.165, 1.54) is 0 Å². The van der Waals surface area contributed by atoms with Crippen molar-refractivity contribution >= 4 is 82.8 Å². The Hall–Kier alpha value is -6.43. The smallest absolute Gasteiger partial charge is 0.327 e. The Balaban J connectivity index is 1.95. The van der Waals surface area contributed by atoms with Crippen LogP contribution in [0.5, 0.6) is 0 Å². The van der Waals surface area contributed by atoms with Crippen LogP contribution in [0.1, 0.15) is 70.8 Å². The lowest BCUT2D eigenvalue weighted by molar-refractivity contribution is -0.145. The van der Waals surface area contributed by atoms with Crippen molar-refractivity contribution in [1.29, 1.82) is 0 Å². The number of H-pyrrole nitrogens is 1. The van der Waals surface area contributed by atoms with Crippen molar-refractivity contribution in [3.8, 4) is 0 Å². The molecule has 64 heavy (non-hydrogen) atoms. The first-order chi connectivity index (χ1) is 30.3. The number of benzene rings is 1. The molecule has 1 aliphatic rings. The number of carboxylic acids is 2. The summed E-state index contributed by atoms with van der Waals surface area (Å²) < 4.78 is 0. The molecular weight excluding hydrogens is 857 g/mol. The minimum absolute atomic E-state index is 0.00261. The average molecular weight is 917 g/mol. The van der Waals surface area contributed by atoms with Gasteiger partial charge in [-0.15, -0.1) is 0 Å². The number of para-hydroxylation sites is 1. The van der Waals surface area contributed by atoms with Crippen LogP contribution < -0.4 is 49.5 Å². The summed E-state index contributed by atoms with van der Waals surface area (Å²) in [5, 5.41) is 32.4. The van der Waals surface area contributed by atoms with Crippen molar-refractivity contribution in [2.75, 3.05) is 18.8 Å². The predicted molar refractivity (Wildman–Crippen MR) is 236 cm³/mol. The fraction of sp³-hybridized carbons (Fsp3) is 0.550. The lowest BCUT2D eigenvalue weighted by Crippen LogP contribution is -2.60. The molecule has 1 aromatic carbocycles. The van der Waals surface area contributed by atoms with Gasteiger partial charge in [-0.25, -0.2) is 4.79 Å². The van der Waals surface area contributed by atoms with Crippen molar-refractivity contribution in [2.24, 2.45) is 33.8 Å². The van der Waals surface area contributed by atoms with E-state index < -0.39 is 108 Å². The number of aliphatic carboxylic acids is 2. The molecule has 8 atom stereocenters. The lowest BCUT2D eigenvalue weighted by atomic mass is 9.98. The molecule has 3 rings (SSSR count). The number of rotatable bonds is 26. The van der Waals surface area contributed by atoms with E-state index in [9.17, 15) is 53.4 Å². The number of aliphatic imine (C=N–C) groups is 1. The molecule has 23 nitrogen and oxygen atoms in total. The summed E-state index contributed by atoms with van der Waals surface area (Å²) >= 11 is 3.95. The fourth-order valence-electron chi connectivity index (χ4n) is 6.98. The standard InChI is InChI=1S/C40H60N12O11S/c1-3-20(2)32(42)37(60)47-24(10-6-14-45-40(43)44)33(56)49-26(16-21-18-46-23-9-5-4-8-22(21)23)34(57)50-27(17-31(54)55)35(58)48-25(12-13-30(41)53)38(61)52-15-7-11-29(52)36(59)51-28(19-64)39(62)63/h4-5,8-9,18,20,24-29,32,46,64H,3,6-7,10-17,19,42H2,1-2H3,(H2,41,53)(H,47,60)(H,48,58)(H,49,56)(H,50,57)(H,51,59)(H,54,55)(H,62,63)(H4,43,44,45)/t20-,24-,25-,26-,27-,28-,29-,32-/m0/s1. The molecule has 0 aliphatic carbocycles. The molecule has 24 heteroatoms. The Labute approximate surface area is 374 Å². The number of nitrogens with one attached hydrogen (secondary N) is 6. The number of likely N-dealkylation sites (tertiary alicyclic amines) is 1. The van der Waals surface area contributed by atoms with Crippen molar-refractivity contribution < 1.29 is 53.4 Å². The van der Waals surface area contributed by atoms with E-state index in [1.807, 2.05) is 6.92 Å². The van der Waals surface area contributed by atoms with E-state index in [4.69, 9.17) is 22.9 Å². The van der Waals surface area contributed by atoms with Gasteiger partial charge in [-0.2, -0.15) is 12.6 Å². The van der Waals surface area contributed by atoms with Gasteiger partial charge in [0.15, 0.2) is 5.96 Å². The SMILES string of the molecule is CC[C@H](C)[C@H](N)C(=O)N[C@@H](CCCN=C(N)N)C(=O)N[C@@H](Cc1c[nH]c2ccccc12)C(=O)N[C@@H](CC(=O)O)C(=O)N[C@@H](CCC(N)=O)C(=O)N1CCC[C@H]1C(=O)N[C@@H](CS)C(=O)O. The Bertz CT molecular complexity index is 2040. The molecule has 0 bridgehead atoms. The van der Waals surface area contributed by atoms with Gasteiger partial charge >= 0.3 is 11.9 Å². The number of carbonyl (C=O) groups is 9. The number of hydrogen-bond donors (Lipinski definition) is 13. The zero-order valence-corrected chi connectivity index (χ0v) is 36.6. The van der Waals surface area contributed by atoms with Crippen LogP contribution in [0.3, 0.4) is 0 Å². The molecule has 0 unspecified atom stereocenters. The summed E-state index contributed by atoms with van der Waals surface area (Å²) in [7, 11) is 0. The number of hydrogen-bond acceptors (Lipinski definition) is 12. The minimum atomic E-state index is -1.87. The highest BCUT2D eigenvalue weighted by molar-refractivity contribution is 7.80. The third kappa shape index (κ3) is 15.4. The molecule has 0 spiro atoms. The molecule has 1 aliphatic heterocycles. The second kappa shape index (κ2) is 25.0. The quantitative estimate of drug-likeness (QED) is 0.0198. The Morgan fingerprint density at radius 3 is 2.11 bits per heavy atom. The Morgan fingerprint density at radius 1 is 0.859 bits per heavy atom. The Kier molecular flexibility index (Phi) is 20.3. The highest BCUT2D eigenvalue weighted by Crippen LogP contribution is 2.22. The van der Waals surface area contributed by atoms with Gasteiger partial charge in [-0.3, -0.25) is 43.3 Å². The zero-order chi connectivity index (χ0) is 47.7. The predicted octanol–water partition coefficient (Wildman–Crippen LogP) is -2.69. The largest absolute Gasteiger partial charge is 0.481 e. The summed E-state index contributed by atoms with van der Waals surface area (Å²) in [4.78, 5) is 126. The van der Waals surface area contributed by atoms with Gasteiger partial charge in [-0.05, 0) is 49.7 Å². The van der Waals surface area contributed by atoms with E-state index in [0.29, 0.717) is 29.3 Å². The number of aromatic amines is 1. The van der Waals surface area contributed by atoms with Crippen molar-refractivity contribution in [3.05, 3.63) is 36.0 Å². The number of fused-ring (bicyclic) bond motifs is 1. The summed E-state index contributed by atoms with van der Waals surface area (Å²) in [5.41, 5.74) is 23.7. The number of guanidine groups is 1. The second-order valence-electron chi connectivity index (χ2n) is 15.5. The minimum Gasteiger partial charge on any atom is -0.481 e. The molecule has 7 amide bonds. The molecule has 16 N–H and O–H groups in total. The van der Waals surface area contributed by atoms with Gasteiger partial charge in [0, 0.05) is 48.8 Å². The average Bonchev–Trinajstić information content (AvgIpc) is 3.91. The normalized spacial score (nSPS) is 16.8. The van der Waals surface area contributed by atoms with E-state index in [-0.39, 0.29) is 62.8 Å². The van der Waals surface area contributed by atoms with Gasteiger partial charge in [0.05, 0.1) is 12.5 Å². The molecule has 352 valence electrons. The second-order valence-corrected chi connectivity index (χ2v) is 15.9. The highest BCUT2D eigenvalue weighted by atomic mass is 32.1. The third-order valence-electron chi connectivity index (χ3n) is 10.8. The van der Waals surface area contributed by atoms with Crippen molar-refractivity contribution in [3.63, 3.8) is 0 Å². The third-order valence-corrected chi connectivity index (χ3v) is 11.2. The first kappa shape index (κ1) is 51.9. The first-order valence-electron chi connectivity index (χ1n) is 20.8. The number of thiol groups is 1. The van der Waals surface area contributed by atoms with E-state index >= 15 is 0 Å². The number of primary amides is 1. The number of carbonyl (C=O) groups excluding carboxylic acids is 7. The van der Waals surface area contributed by atoms with Crippen LogP contribution in [0.4, 0.5) is 0 Å². The van der Waals surface area contributed by atoms with Crippen LogP contribution in [-0.2, 0) is 49.6 Å². The van der Waals surface area contributed by atoms with Gasteiger partial charge in [-0.1, -0.05) is 38.5 Å². The van der Waals surface area contributed by atoms with Crippen LogP contribution in [0.25, 0.3) is 10.9 Å². The number of carboxylic acid groups (broad SMARTS) is 2. The van der Waals surface area contributed by atoms with Crippen molar-refractivity contribution in [1.82, 2.24) is 36.5 Å². The maximum Gasteiger partial charge on any atom is 0.327 e. The molecule has 0 radical (unpaired) electrons. The van der Waals surface area contributed by atoms with Crippen LogP contribution in [0, 0.1) is 5.92 Å². The lowest BCUT2D eigenvalue weighted by Gasteiger charge is -2.30. The van der Waals surface area contributed by atoms with Gasteiger partial charge in [0.1, 0.15) is 36.3 Å². The molecule has 0 saturated carbocycles. The van der Waals surface area contributed by atoms with E-state index in [1.54, 1.807) is 37.4 Å². The van der Waals surface area contributed by atoms with Crippen LogP contribution >= 0.6 is 12.6 Å². The topological polar surface area (TPSA) is 390 Å². The van der Waals surface area contributed by atoms with Crippen molar-refractivity contribution in [2.45, 2.75) is 114 Å². The summed E-state index contributed by atoms with van der Waals surface area (Å²) in [6.07, 6.45) is 0.840. The molecule has 1 fully saturated rings. The van der Waals surface area contributed by atoms with E-state index in [2.05, 4.69) is 49.2 Å². The number of nitrogens with two attached hydrogens (primary N) is 4. The van der Waals surface area contributed by atoms with Gasteiger partial charge in [0.2, 0.25) is 41.4 Å². The van der Waals surface area contributed by atoms with Gasteiger partial charge in [0.25, 0.3) is 0 Å². The zero-order valence-electron chi connectivity index (χ0n) is 35.7. The van der Waals surface area contributed by atoms with Crippen LogP contribution in [-0.4, -0.2) is 140 Å². The molecule has 2 heterocycles. The molecule has 1 saturated heterocycles. The summed E-state index contributed by atoms with van der Waals surface area (Å²) in [5.74, 6) is -9.69.